The first-order valence-electron chi connectivity index (χ1n) is 7.99. The van der Waals surface area contributed by atoms with Gasteiger partial charge in [0.15, 0.2) is 18.1 Å². The average molecular weight is 387 g/mol. The number of halogens is 2. The molecule has 0 radical (unpaired) electrons. The summed E-state index contributed by atoms with van der Waals surface area (Å²) in [6, 6.07) is 4.49. The molecule has 0 fully saturated rings. The highest BCUT2D eigenvalue weighted by Crippen LogP contribution is 2.29. The third kappa shape index (κ3) is 6.65. The summed E-state index contributed by atoms with van der Waals surface area (Å²) in [6.07, 6.45) is 1.55. The van der Waals surface area contributed by atoms with Gasteiger partial charge in [0.2, 0.25) is 5.76 Å². The van der Waals surface area contributed by atoms with Crippen LogP contribution in [-0.2, 0) is 30.2 Å². The van der Waals surface area contributed by atoms with Crippen molar-refractivity contribution < 1.29 is 42.1 Å². The molecule has 2 rings (SSSR count). The Balaban J connectivity index is 1.74. The molecule has 0 bridgehead atoms. The minimum Gasteiger partial charge on any atom is -0.493 e. The zero-order valence-corrected chi connectivity index (χ0v) is 14.5. The molecule has 0 aromatic heterocycles. The van der Waals surface area contributed by atoms with E-state index in [0.29, 0.717) is 13.0 Å². The molecule has 148 valence electrons. The van der Waals surface area contributed by atoms with Crippen LogP contribution in [0.5, 0.6) is 11.5 Å². The zero-order chi connectivity index (χ0) is 19.6. The third-order valence-electron chi connectivity index (χ3n) is 3.36. The Kier molecular flexibility index (Phi) is 7.65. The molecule has 1 N–H and O–H groups in total. The lowest BCUT2D eigenvalue weighted by Crippen LogP contribution is -2.31. The van der Waals surface area contributed by atoms with Crippen molar-refractivity contribution in [3.8, 4) is 11.5 Å². The number of hydrogen-bond donors (Lipinski definition) is 1. The zero-order valence-electron chi connectivity index (χ0n) is 14.5. The van der Waals surface area contributed by atoms with Crippen LogP contribution in [0.3, 0.4) is 0 Å². The Morgan fingerprint density at radius 3 is 2.74 bits per heavy atom. The number of esters is 1. The SMILES string of the molecule is COc1cc(CCNC(=O)COC(=O)C2=COCCO2)ccc1OC(F)F. The van der Waals surface area contributed by atoms with Gasteiger partial charge in [-0.15, -0.1) is 0 Å². The largest absolute Gasteiger partial charge is 0.493 e. The Morgan fingerprint density at radius 2 is 2.07 bits per heavy atom. The van der Waals surface area contributed by atoms with Crippen LogP contribution in [0.2, 0.25) is 0 Å². The van der Waals surface area contributed by atoms with Crippen LogP contribution in [0.15, 0.2) is 30.2 Å². The summed E-state index contributed by atoms with van der Waals surface area (Å²) in [4.78, 5) is 23.3. The molecule has 0 atom stereocenters. The highest BCUT2D eigenvalue weighted by Gasteiger charge is 2.18. The number of nitrogens with one attached hydrogen (secondary N) is 1. The third-order valence-corrected chi connectivity index (χ3v) is 3.36. The van der Waals surface area contributed by atoms with E-state index in [2.05, 4.69) is 10.1 Å². The lowest BCUT2D eigenvalue weighted by Gasteiger charge is -2.14. The van der Waals surface area contributed by atoms with Crippen molar-refractivity contribution >= 4 is 11.9 Å². The summed E-state index contributed by atoms with van der Waals surface area (Å²) in [5, 5.41) is 2.57. The average Bonchev–Trinajstić information content (AvgIpc) is 2.67. The Labute approximate surface area is 154 Å². The summed E-state index contributed by atoms with van der Waals surface area (Å²) in [6.45, 7) is -2.59. The second kappa shape index (κ2) is 10.2. The maximum absolute atomic E-state index is 12.3. The summed E-state index contributed by atoms with van der Waals surface area (Å²) < 4.78 is 48.7. The number of amides is 1. The number of hydrogen-bond acceptors (Lipinski definition) is 7. The predicted octanol–water partition coefficient (Wildman–Crippen LogP) is 1.39. The molecule has 27 heavy (non-hydrogen) atoms. The molecule has 1 aromatic rings. The van der Waals surface area contributed by atoms with Crippen LogP contribution in [0, 0.1) is 0 Å². The number of ether oxygens (including phenoxy) is 5. The van der Waals surface area contributed by atoms with E-state index >= 15 is 0 Å². The van der Waals surface area contributed by atoms with Crippen molar-refractivity contribution in [3.63, 3.8) is 0 Å². The number of benzene rings is 1. The molecular weight excluding hydrogens is 368 g/mol. The van der Waals surface area contributed by atoms with E-state index in [1.165, 1.54) is 19.2 Å². The van der Waals surface area contributed by atoms with Crippen molar-refractivity contribution in [2.75, 3.05) is 33.5 Å². The van der Waals surface area contributed by atoms with Gasteiger partial charge in [0.25, 0.3) is 5.91 Å². The lowest BCUT2D eigenvalue weighted by atomic mass is 10.1. The Hall–Kier alpha value is -3.04. The number of methoxy groups -OCH3 is 1. The fourth-order valence-electron chi connectivity index (χ4n) is 2.14. The molecule has 1 amide bonds. The van der Waals surface area contributed by atoms with Crippen LogP contribution in [0.1, 0.15) is 5.56 Å². The Bertz CT molecular complexity index is 694. The second-order valence-electron chi connectivity index (χ2n) is 5.24. The summed E-state index contributed by atoms with van der Waals surface area (Å²) in [5.41, 5.74) is 0.740. The van der Waals surface area contributed by atoms with Crippen molar-refractivity contribution in [1.82, 2.24) is 5.32 Å². The van der Waals surface area contributed by atoms with Crippen LogP contribution < -0.4 is 14.8 Å². The van der Waals surface area contributed by atoms with Gasteiger partial charge in [-0.2, -0.15) is 8.78 Å². The van der Waals surface area contributed by atoms with E-state index < -0.39 is 25.1 Å². The summed E-state index contributed by atoms with van der Waals surface area (Å²) >= 11 is 0. The first kappa shape index (κ1) is 20.3. The first-order chi connectivity index (χ1) is 13.0. The molecule has 1 aliphatic rings. The maximum atomic E-state index is 12.3. The highest BCUT2D eigenvalue weighted by atomic mass is 19.3. The monoisotopic (exact) mass is 387 g/mol. The Morgan fingerprint density at radius 1 is 1.26 bits per heavy atom. The topological polar surface area (TPSA) is 92.3 Å². The quantitative estimate of drug-likeness (QED) is 0.640. The minimum absolute atomic E-state index is 0.0737. The number of carbonyl (C=O) groups excluding carboxylic acids is 2. The minimum atomic E-state index is -2.95. The van der Waals surface area contributed by atoms with Gasteiger partial charge in [0.1, 0.15) is 19.5 Å². The van der Waals surface area contributed by atoms with Crippen LogP contribution in [0.4, 0.5) is 8.78 Å². The number of carbonyl (C=O) groups is 2. The summed E-state index contributed by atoms with van der Waals surface area (Å²) in [7, 11) is 1.34. The fraction of sp³-hybridized carbons (Fsp3) is 0.412. The van der Waals surface area contributed by atoms with Crippen molar-refractivity contribution in [3.05, 3.63) is 35.8 Å². The van der Waals surface area contributed by atoms with Gasteiger partial charge in [-0.3, -0.25) is 4.79 Å². The fourth-order valence-corrected chi connectivity index (χ4v) is 2.14. The van der Waals surface area contributed by atoms with Gasteiger partial charge in [-0.05, 0) is 24.1 Å². The molecule has 0 unspecified atom stereocenters. The van der Waals surface area contributed by atoms with Gasteiger partial charge in [-0.1, -0.05) is 6.07 Å². The van der Waals surface area contributed by atoms with Crippen LogP contribution in [-0.4, -0.2) is 52.0 Å². The van der Waals surface area contributed by atoms with Crippen LogP contribution in [0.25, 0.3) is 0 Å². The van der Waals surface area contributed by atoms with Crippen LogP contribution >= 0.6 is 0 Å². The number of rotatable bonds is 9. The van der Waals surface area contributed by atoms with E-state index in [-0.39, 0.29) is 30.4 Å². The molecule has 10 heteroatoms. The molecule has 0 saturated heterocycles. The predicted molar refractivity (Wildman–Crippen MR) is 87.3 cm³/mol. The van der Waals surface area contributed by atoms with Gasteiger partial charge >= 0.3 is 12.6 Å². The lowest BCUT2D eigenvalue weighted by molar-refractivity contribution is -0.149. The van der Waals surface area contributed by atoms with E-state index in [4.69, 9.17) is 18.9 Å². The molecule has 0 spiro atoms. The highest BCUT2D eigenvalue weighted by molar-refractivity contribution is 5.88. The molecule has 0 saturated carbocycles. The smallest absolute Gasteiger partial charge is 0.387 e. The van der Waals surface area contributed by atoms with Crippen molar-refractivity contribution in [2.24, 2.45) is 0 Å². The van der Waals surface area contributed by atoms with Gasteiger partial charge < -0.3 is 29.0 Å². The summed E-state index contributed by atoms with van der Waals surface area (Å²) in [5.74, 6) is -1.28. The molecule has 1 aromatic carbocycles. The molecule has 8 nitrogen and oxygen atoms in total. The first-order valence-corrected chi connectivity index (χ1v) is 7.99. The van der Waals surface area contributed by atoms with E-state index in [1.54, 1.807) is 6.07 Å². The second-order valence-corrected chi connectivity index (χ2v) is 5.24. The van der Waals surface area contributed by atoms with E-state index in [9.17, 15) is 18.4 Å². The molecular formula is C17H19F2NO7. The van der Waals surface area contributed by atoms with Crippen molar-refractivity contribution in [2.45, 2.75) is 13.0 Å². The standard InChI is InChI=1S/C17H19F2NO7/c1-23-13-8-11(2-3-12(13)27-17(18)19)4-5-20-15(21)10-26-16(22)14-9-24-6-7-25-14/h2-3,8-9,17H,4-7,10H2,1H3,(H,20,21). The molecule has 1 aliphatic heterocycles. The van der Waals surface area contributed by atoms with Gasteiger partial charge in [0.05, 0.1) is 7.11 Å². The van der Waals surface area contributed by atoms with Crippen molar-refractivity contribution in [1.29, 1.82) is 0 Å². The maximum Gasteiger partial charge on any atom is 0.387 e. The van der Waals surface area contributed by atoms with Gasteiger partial charge in [0, 0.05) is 6.54 Å². The van der Waals surface area contributed by atoms with E-state index in [1.807, 2.05) is 0 Å². The van der Waals surface area contributed by atoms with Gasteiger partial charge in [-0.25, -0.2) is 4.79 Å². The normalized spacial score (nSPS) is 13.1. The van der Waals surface area contributed by atoms with E-state index in [0.717, 1.165) is 11.8 Å². The number of alkyl halides is 2. The molecule has 0 aliphatic carbocycles. The molecule has 1 heterocycles.